The Morgan fingerprint density at radius 2 is 2.29 bits per heavy atom. The van der Waals surface area contributed by atoms with Crippen LogP contribution in [-0.4, -0.2) is 45.3 Å². The van der Waals surface area contributed by atoms with Gasteiger partial charge in [0.15, 0.2) is 5.79 Å². The Labute approximate surface area is 128 Å². The van der Waals surface area contributed by atoms with Gasteiger partial charge in [-0.15, -0.1) is 11.3 Å². The number of nitrogens with one attached hydrogen (secondary N) is 2. The van der Waals surface area contributed by atoms with E-state index in [0.717, 1.165) is 4.88 Å². The number of carbonyl (C=O) groups excluding carboxylic acids is 1. The number of urea groups is 1. The lowest BCUT2D eigenvalue weighted by atomic mass is 10.0. The molecule has 0 spiro atoms. The highest BCUT2D eigenvalue weighted by molar-refractivity contribution is 7.10. The molecule has 1 aliphatic heterocycles. The van der Waals surface area contributed by atoms with Crippen molar-refractivity contribution in [2.24, 2.45) is 0 Å². The summed E-state index contributed by atoms with van der Waals surface area (Å²) in [5, 5.41) is 7.77. The predicted molar refractivity (Wildman–Crippen MR) is 80.4 cm³/mol. The van der Waals surface area contributed by atoms with Gasteiger partial charge in [0.25, 0.3) is 0 Å². The summed E-state index contributed by atoms with van der Waals surface area (Å²) in [6.45, 7) is 3.46. The van der Waals surface area contributed by atoms with Crippen LogP contribution in [0, 0.1) is 6.92 Å². The first-order valence-electron chi connectivity index (χ1n) is 6.86. The average Bonchev–Trinajstić information content (AvgIpc) is 2.91. The van der Waals surface area contributed by atoms with E-state index in [1.807, 2.05) is 6.92 Å². The Balaban J connectivity index is 1.88. The van der Waals surface area contributed by atoms with Gasteiger partial charge in [0, 0.05) is 25.5 Å². The minimum atomic E-state index is -0.824. The zero-order chi connectivity index (χ0) is 15.3. The van der Waals surface area contributed by atoms with Crippen molar-refractivity contribution >= 4 is 17.4 Å². The first kappa shape index (κ1) is 16.2. The highest BCUT2D eigenvalue weighted by atomic mass is 32.1. The predicted octanol–water partition coefficient (Wildman–Crippen LogP) is 1.63. The molecule has 2 heterocycles. The second-order valence-corrected chi connectivity index (χ2v) is 6.01. The Morgan fingerprint density at radius 1 is 1.52 bits per heavy atom. The molecule has 21 heavy (non-hydrogen) atoms. The Morgan fingerprint density at radius 3 is 2.90 bits per heavy atom. The number of carbonyl (C=O) groups is 1. The number of ether oxygens (including phenoxy) is 3. The van der Waals surface area contributed by atoms with Crippen LogP contribution < -0.4 is 10.6 Å². The summed E-state index contributed by atoms with van der Waals surface area (Å²) in [5.41, 5.74) is 1.20. The lowest BCUT2D eigenvalue weighted by Crippen LogP contribution is -2.61. The smallest absolute Gasteiger partial charge is 0.315 e. The zero-order valence-corrected chi connectivity index (χ0v) is 13.4. The lowest BCUT2D eigenvalue weighted by Gasteiger charge is -2.41. The van der Waals surface area contributed by atoms with Crippen molar-refractivity contribution < 1.29 is 19.0 Å². The van der Waals surface area contributed by atoms with Crippen LogP contribution in [0.3, 0.4) is 0 Å². The Hall–Kier alpha value is -1.15. The van der Waals surface area contributed by atoms with Crippen molar-refractivity contribution in [2.45, 2.75) is 31.7 Å². The van der Waals surface area contributed by atoms with Gasteiger partial charge >= 0.3 is 6.03 Å². The van der Waals surface area contributed by atoms with Crippen molar-refractivity contribution in [3.05, 3.63) is 21.9 Å². The van der Waals surface area contributed by atoms with E-state index in [9.17, 15) is 4.79 Å². The molecular formula is C14H22N2O4S. The van der Waals surface area contributed by atoms with E-state index >= 15 is 0 Å². The summed E-state index contributed by atoms with van der Waals surface area (Å²) in [5.74, 6) is -0.824. The maximum absolute atomic E-state index is 12.0. The topological polar surface area (TPSA) is 68.8 Å². The van der Waals surface area contributed by atoms with Gasteiger partial charge in [-0.25, -0.2) is 4.79 Å². The number of hydrogen-bond acceptors (Lipinski definition) is 5. The maximum Gasteiger partial charge on any atom is 0.315 e. The van der Waals surface area contributed by atoms with Crippen LogP contribution in [0.25, 0.3) is 0 Å². The standard InChI is InChI=1S/C14H22N2O4S/c1-10-6-11(21-9-10)7-15-13(17)16-12-8-20-5-4-14(12,18-2)19-3/h6,9,12H,4-5,7-8H2,1-3H3,(H2,15,16,17). The second-order valence-electron chi connectivity index (χ2n) is 5.01. The molecule has 0 aromatic carbocycles. The van der Waals surface area contributed by atoms with Gasteiger partial charge in [0.2, 0.25) is 0 Å². The summed E-state index contributed by atoms with van der Waals surface area (Å²) < 4.78 is 16.3. The third kappa shape index (κ3) is 3.94. The number of rotatable bonds is 5. The number of thiophene rings is 1. The van der Waals surface area contributed by atoms with E-state index in [1.165, 1.54) is 5.56 Å². The van der Waals surface area contributed by atoms with E-state index in [-0.39, 0.29) is 12.1 Å². The highest BCUT2D eigenvalue weighted by Crippen LogP contribution is 2.25. The van der Waals surface area contributed by atoms with Gasteiger partial charge in [-0.05, 0) is 23.9 Å². The fourth-order valence-electron chi connectivity index (χ4n) is 2.40. The number of aryl methyl sites for hydroxylation is 1. The molecule has 2 amide bonds. The molecular weight excluding hydrogens is 292 g/mol. The SMILES string of the molecule is COC1(OC)CCOCC1NC(=O)NCc1cc(C)cs1. The number of methoxy groups -OCH3 is 2. The molecule has 1 fully saturated rings. The fourth-order valence-corrected chi connectivity index (χ4v) is 3.22. The van der Waals surface area contributed by atoms with Crippen LogP contribution >= 0.6 is 11.3 Å². The third-order valence-corrected chi connectivity index (χ3v) is 4.67. The van der Waals surface area contributed by atoms with Crippen LogP contribution in [0.2, 0.25) is 0 Å². The van der Waals surface area contributed by atoms with Crippen LogP contribution in [0.5, 0.6) is 0 Å². The molecule has 1 saturated heterocycles. The maximum atomic E-state index is 12.0. The van der Waals surface area contributed by atoms with Gasteiger partial charge in [0.1, 0.15) is 6.04 Å². The molecule has 2 N–H and O–H groups in total. The Kier molecular flexibility index (Phi) is 5.58. The molecule has 1 aromatic rings. The summed E-state index contributed by atoms with van der Waals surface area (Å²) in [4.78, 5) is 13.1. The summed E-state index contributed by atoms with van der Waals surface area (Å²) in [6.07, 6.45) is 0.578. The van der Waals surface area contributed by atoms with Gasteiger partial charge < -0.3 is 24.8 Å². The fraction of sp³-hybridized carbons (Fsp3) is 0.643. The summed E-state index contributed by atoms with van der Waals surface area (Å²) >= 11 is 1.63. The Bertz CT molecular complexity index is 473. The minimum absolute atomic E-state index is 0.255. The molecule has 0 bridgehead atoms. The highest BCUT2D eigenvalue weighted by Gasteiger charge is 2.43. The molecule has 7 heteroatoms. The van der Waals surface area contributed by atoms with Gasteiger partial charge in [-0.1, -0.05) is 0 Å². The molecule has 0 saturated carbocycles. The van der Waals surface area contributed by atoms with Crippen LogP contribution in [0.1, 0.15) is 16.9 Å². The summed E-state index contributed by atoms with van der Waals surface area (Å²) in [7, 11) is 3.16. The van der Waals surface area contributed by atoms with Gasteiger partial charge in [-0.3, -0.25) is 0 Å². The van der Waals surface area contributed by atoms with E-state index in [0.29, 0.717) is 26.2 Å². The molecule has 118 valence electrons. The quantitative estimate of drug-likeness (QED) is 0.811. The van der Waals surface area contributed by atoms with Crippen molar-refractivity contribution in [3.63, 3.8) is 0 Å². The first-order chi connectivity index (χ1) is 10.1. The molecule has 6 nitrogen and oxygen atoms in total. The normalized spacial score (nSPS) is 21.0. The van der Waals surface area contributed by atoms with Gasteiger partial charge in [-0.2, -0.15) is 0 Å². The number of hydrogen-bond donors (Lipinski definition) is 2. The average molecular weight is 314 g/mol. The number of amides is 2. The van der Waals surface area contributed by atoms with Crippen molar-refractivity contribution in [1.82, 2.24) is 10.6 Å². The van der Waals surface area contributed by atoms with Crippen LogP contribution in [-0.2, 0) is 20.8 Å². The molecule has 2 rings (SSSR count). The zero-order valence-electron chi connectivity index (χ0n) is 12.6. The molecule has 1 unspecified atom stereocenters. The van der Waals surface area contributed by atoms with Crippen molar-refractivity contribution in [1.29, 1.82) is 0 Å². The third-order valence-electron chi connectivity index (χ3n) is 3.61. The van der Waals surface area contributed by atoms with E-state index in [1.54, 1.807) is 25.6 Å². The molecule has 0 aliphatic carbocycles. The molecule has 1 aromatic heterocycles. The second kappa shape index (κ2) is 7.22. The summed E-state index contributed by atoms with van der Waals surface area (Å²) in [6, 6.07) is 1.46. The monoisotopic (exact) mass is 314 g/mol. The largest absolute Gasteiger partial charge is 0.379 e. The van der Waals surface area contributed by atoms with E-state index in [2.05, 4.69) is 22.1 Å². The molecule has 1 atom stereocenters. The van der Waals surface area contributed by atoms with Crippen LogP contribution in [0.4, 0.5) is 4.79 Å². The van der Waals surface area contributed by atoms with Crippen molar-refractivity contribution in [2.75, 3.05) is 27.4 Å². The van der Waals surface area contributed by atoms with E-state index < -0.39 is 5.79 Å². The van der Waals surface area contributed by atoms with Crippen LogP contribution in [0.15, 0.2) is 11.4 Å². The molecule has 0 radical (unpaired) electrons. The lowest BCUT2D eigenvalue weighted by molar-refractivity contribution is -0.256. The van der Waals surface area contributed by atoms with Gasteiger partial charge in [0.05, 0.1) is 19.8 Å². The van der Waals surface area contributed by atoms with Crippen molar-refractivity contribution in [3.8, 4) is 0 Å². The molecule has 1 aliphatic rings. The van der Waals surface area contributed by atoms with E-state index in [4.69, 9.17) is 14.2 Å². The first-order valence-corrected chi connectivity index (χ1v) is 7.74. The minimum Gasteiger partial charge on any atom is -0.379 e.